The van der Waals surface area contributed by atoms with Crippen LogP contribution in [0.1, 0.15) is 17.2 Å². The molecule has 0 aliphatic rings. The fourth-order valence-electron chi connectivity index (χ4n) is 1.85. The van der Waals surface area contributed by atoms with Crippen molar-refractivity contribution in [3.8, 4) is 5.75 Å². The van der Waals surface area contributed by atoms with E-state index in [-0.39, 0.29) is 6.42 Å². The molecule has 3 N–H and O–H groups in total. The summed E-state index contributed by atoms with van der Waals surface area (Å²) >= 11 is 0. The number of primary amides is 1. The highest BCUT2D eigenvalue weighted by atomic mass is 16.5. The maximum atomic E-state index is 10.8. The van der Waals surface area contributed by atoms with Gasteiger partial charge in [-0.3, -0.25) is 9.89 Å². The van der Waals surface area contributed by atoms with Crippen molar-refractivity contribution < 1.29 is 9.53 Å². The van der Waals surface area contributed by atoms with Crippen LogP contribution in [-0.4, -0.2) is 28.2 Å². The third-order valence-electron chi connectivity index (χ3n) is 2.73. The Hall–Kier alpha value is -2.37. The number of hydrogen-bond donors (Lipinski definition) is 2. The molecule has 1 aromatic heterocycles. The van der Waals surface area contributed by atoms with Gasteiger partial charge in [-0.25, -0.2) is 4.98 Å². The van der Waals surface area contributed by atoms with Crippen molar-refractivity contribution in [3.05, 3.63) is 41.5 Å². The van der Waals surface area contributed by atoms with Gasteiger partial charge in [0.2, 0.25) is 5.91 Å². The second-order valence-electron chi connectivity index (χ2n) is 4.15. The van der Waals surface area contributed by atoms with Crippen LogP contribution in [0.25, 0.3) is 0 Å². The Labute approximate surface area is 111 Å². The molecule has 0 aliphatic carbocycles. The van der Waals surface area contributed by atoms with E-state index in [0.29, 0.717) is 18.1 Å². The first-order valence-corrected chi connectivity index (χ1v) is 5.99. The van der Waals surface area contributed by atoms with Crippen LogP contribution in [0.15, 0.2) is 24.3 Å². The Bertz CT molecular complexity index is 565. The molecular formula is C13H16N4O2. The number of nitrogens with one attached hydrogen (secondary N) is 1. The van der Waals surface area contributed by atoms with Crippen molar-refractivity contribution in [1.82, 2.24) is 15.2 Å². The van der Waals surface area contributed by atoms with E-state index in [2.05, 4.69) is 15.2 Å². The van der Waals surface area contributed by atoms with Gasteiger partial charge >= 0.3 is 0 Å². The van der Waals surface area contributed by atoms with Crippen LogP contribution in [0.3, 0.4) is 0 Å². The monoisotopic (exact) mass is 260 g/mol. The first-order valence-electron chi connectivity index (χ1n) is 5.99. The SMILES string of the molecule is COc1ccccc1CCc1n[nH]c(CC(N)=O)n1. The molecule has 0 spiro atoms. The number of amides is 1. The van der Waals surface area contributed by atoms with E-state index >= 15 is 0 Å². The number of H-pyrrole nitrogens is 1. The molecule has 0 unspecified atom stereocenters. The van der Waals surface area contributed by atoms with E-state index < -0.39 is 5.91 Å². The zero-order valence-corrected chi connectivity index (χ0v) is 10.7. The van der Waals surface area contributed by atoms with Crippen molar-refractivity contribution in [3.63, 3.8) is 0 Å². The van der Waals surface area contributed by atoms with Crippen molar-refractivity contribution in [2.75, 3.05) is 7.11 Å². The summed E-state index contributed by atoms with van der Waals surface area (Å²) in [7, 11) is 1.65. The molecule has 0 saturated carbocycles. The lowest BCUT2D eigenvalue weighted by Gasteiger charge is -2.06. The van der Waals surface area contributed by atoms with E-state index in [1.54, 1.807) is 7.11 Å². The van der Waals surface area contributed by atoms with Crippen molar-refractivity contribution in [2.45, 2.75) is 19.3 Å². The highest BCUT2D eigenvalue weighted by molar-refractivity contribution is 5.75. The summed E-state index contributed by atoms with van der Waals surface area (Å²) in [6.07, 6.45) is 1.54. The first kappa shape index (κ1) is 13.1. The fraction of sp³-hybridized carbons (Fsp3) is 0.308. The van der Waals surface area contributed by atoms with Crippen molar-refractivity contribution in [2.24, 2.45) is 5.73 Å². The van der Waals surface area contributed by atoms with Gasteiger partial charge in [-0.2, -0.15) is 5.10 Å². The zero-order chi connectivity index (χ0) is 13.7. The molecule has 100 valence electrons. The van der Waals surface area contributed by atoms with E-state index in [0.717, 1.165) is 17.7 Å². The number of hydrogen-bond acceptors (Lipinski definition) is 4. The number of aromatic nitrogens is 3. The standard InChI is InChI=1S/C13H16N4O2/c1-19-10-5-3-2-4-9(10)6-7-12-15-13(17-16-12)8-11(14)18/h2-5H,6-8H2,1H3,(H2,14,18)(H,15,16,17). The molecule has 0 aliphatic heterocycles. The summed E-state index contributed by atoms with van der Waals surface area (Å²) in [6.45, 7) is 0. The second kappa shape index (κ2) is 5.99. The predicted molar refractivity (Wildman–Crippen MR) is 69.7 cm³/mol. The van der Waals surface area contributed by atoms with Crippen LogP contribution in [-0.2, 0) is 24.1 Å². The molecule has 0 fully saturated rings. The quantitative estimate of drug-likeness (QED) is 0.796. The van der Waals surface area contributed by atoms with Gasteiger partial charge in [0.1, 0.15) is 11.6 Å². The topological polar surface area (TPSA) is 93.9 Å². The number of methoxy groups -OCH3 is 1. The maximum Gasteiger partial charge on any atom is 0.225 e. The average molecular weight is 260 g/mol. The Morgan fingerprint density at radius 1 is 1.37 bits per heavy atom. The molecule has 19 heavy (non-hydrogen) atoms. The summed E-state index contributed by atoms with van der Waals surface area (Å²) in [6, 6.07) is 7.83. The molecular weight excluding hydrogens is 244 g/mol. The molecule has 2 rings (SSSR count). The Morgan fingerprint density at radius 2 is 2.16 bits per heavy atom. The lowest BCUT2D eigenvalue weighted by molar-refractivity contribution is -0.117. The molecule has 0 atom stereocenters. The highest BCUT2D eigenvalue weighted by Gasteiger charge is 2.07. The lowest BCUT2D eigenvalue weighted by Crippen LogP contribution is -2.14. The molecule has 0 saturated heterocycles. The summed E-state index contributed by atoms with van der Waals surface area (Å²) in [4.78, 5) is 15.0. The fourth-order valence-corrected chi connectivity index (χ4v) is 1.85. The number of benzene rings is 1. The molecule has 6 nitrogen and oxygen atoms in total. The number of carbonyl (C=O) groups is 1. The highest BCUT2D eigenvalue weighted by Crippen LogP contribution is 2.18. The van der Waals surface area contributed by atoms with Gasteiger partial charge in [0, 0.05) is 6.42 Å². The van der Waals surface area contributed by atoms with Crippen molar-refractivity contribution in [1.29, 1.82) is 0 Å². The zero-order valence-electron chi connectivity index (χ0n) is 10.7. The number of para-hydroxylation sites is 1. The summed E-state index contributed by atoms with van der Waals surface area (Å²) in [5.41, 5.74) is 6.20. The minimum atomic E-state index is -0.424. The van der Waals surface area contributed by atoms with Gasteiger partial charge in [0.15, 0.2) is 5.82 Å². The molecule has 6 heteroatoms. The molecule has 1 heterocycles. The summed E-state index contributed by atoms with van der Waals surface area (Å²) in [5.74, 6) is 1.60. The van der Waals surface area contributed by atoms with Crippen LogP contribution < -0.4 is 10.5 Å². The minimum Gasteiger partial charge on any atom is -0.496 e. The van der Waals surface area contributed by atoms with E-state index in [1.807, 2.05) is 24.3 Å². The predicted octanol–water partition coefficient (Wildman–Crippen LogP) is 0.626. The van der Waals surface area contributed by atoms with E-state index in [4.69, 9.17) is 10.5 Å². The third kappa shape index (κ3) is 3.54. The largest absolute Gasteiger partial charge is 0.496 e. The summed E-state index contributed by atoms with van der Waals surface area (Å²) in [5, 5.41) is 6.76. The number of ether oxygens (including phenoxy) is 1. The molecule has 1 aromatic carbocycles. The van der Waals surface area contributed by atoms with Crippen LogP contribution in [0.5, 0.6) is 5.75 Å². The number of rotatable bonds is 6. The number of aromatic amines is 1. The maximum absolute atomic E-state index is 10.8. The number of nitrogens with two attached hydrogens (primary N) is 1. The minimum absolute atomic E-state index is 0.0850. The van der Waals surface area contributed by atoms with E-state index in [9.17, 15) is 4.79 Å². The smallest absolute Gasteiger partial charge is 0.225 e. The average Bonchev–Trinajstić information content (AvgIpc) is 2.83. The van der Waals surface area contributed by atoms with Gasteiger partial charge < -0.3 is 10.5 Å². The van der Waals surface area contributed by atoms with Gasteiger partial charge in [-0.15, -0.1) is 0 Å². The van der Waals surface area contributed by atoms with Crippen LogP contribution in [0.2, 0.25) is 0 Å². The van der Waals surface area contributed by atoms with Gasteiger partial charge in [0.05, 0.1) is 13.5 Å². The molecule has 2 aromatic rings. The molecule has 1 amide bonds. The van der Waals surface area contributed by atoms with Gasteiger partial charge in [-0.05, 0) is 18.1 Å². The molecule has 0 radical (unpaired) electrons. The Kier molecular flexibility index (Phi) is 4.12. The normalized spacial score (nSPS) is 10.4. The summed E-state index contributed by atoms with van der Waals surface area (Å²) < 4.78 is 5.28. The van der Waals surface area contributed by atoms with Gasteiger partial charge in [-0.1, -0.05) is 18.2 Å². The van der Waals surface area contributed by atoms with E-state index in [1.165, 1.54) is 0 Å². The Balaban J connectivity index is 1.98. The third-order valence-corrected chi connectivity index (χ3v) is 2.73. The van der Waals surface area contributed by atoms with Crippen LogP contribution >= 0.6 is 0 Å². The van der Waals surface area contributed by atoms with Gasteiger partial charge in [0.25, 0.3) is 0 Å². The number of nitrogens with zero attached hydrogens (tertiary/aromatic N) is 2. The number of carbonyl (C=O) groups excluding carboxylic acids is 1. The Morgan fingerprint density at radius 3 is 2.89 bits per heavy atom. The van der Waals surface area contributed by atoms with Crippen molar-refractivity contribution >= 4 is 5.91 Å². The first-order chi connectivity index (χ1) is 9.19. The number of aryl methyl sites for hydroxylation is 2. The second-order valence-corrected chi connectivity index (χ2v) is 4.15. The van der Waals surface area contributed by atoms with Crippen LogP contribution in [0.4, 0.5) is 0 Å². The van der Waals surface area contributed by atoms with Crippen LogP contribution in [0, 0.1) is 0 Å². The molecule has 0 bridgehead atoms. The lowest BCUT2D eigenvalue weighted by atomic mass is 10.1.